The zero-order chi connectivity index (χ0) is 22.8. The van der Waals surface area contributed by atoms with Gasteiger partial charge in [-0.25, -0.2) is 0 Å². The van der Waals surface area contributed by atoms with Crippen molar-refractivity contribution >= 4 is 23.4 Å². The number of nitrogens with zero attached hydrogens (tertiary/aromatic N) is 5. The van der Waals surface area contributed by atoms with Crippen LogP contribution in [-0.4, -0.2) is 33.0 Å². The van der Waals surface area contributed by atoms with Gasteiger partial charge in [-0.2, -0.15) is 5.26 Å². The van der Waals surface area contributed by atoms with Gasteiger partial charge < -0.3 is 9.30 Å². The Balaban J connectivity index is 1.70. The molecule has 2 aromatic carbocycles. The Labute approximate surface area is 193 Å². The molecule has 0 bridgehead atoms. The van der Waals surface area contributed by atoms with Crippen molar-refractivity contribution < 1.29 is 9.53 Å². The van der Waals surface area contributed by atoms with Gasteiger partial charge in [0.25, 0.3) is 0 Å². The highest BCUT2D eigenvalue weighted by Gasteiger charge is 2.19. The summed E-state index contributed by atoms with van der Waals surface area (Å²) in [5.74, 6) is 2.02. The van der Waals surface area contributed by atoms with E-state index in [4.69, 9.17) is 10.00 Å². The van der Waals surface area contributed by atoms with Crippen LogP contribution in [0, 0.1) is 17.2 Å². The van der Waals surface area contributed by atoms with Crippen LogP contribution in [0.5, 0.6) is 5.75 Å². The second-order valence-corrected chi connectivity index (χ2v) is 8.54. The van der Waals surface area contributed by atoms with Crippen molar-refractivity contribution in [3.05, 3.63) is 66.5 Å². The molecular formula is C24H27N5O2S. The summed E-state index contributed by atoms with van der Waals surface area (Å²) < 4.78 is 7.89. The van der Waals surface area contributed by atoms with Crippen LogP contribution in [0.4, 0.5) is 5.69 Å². The molecule has 3 rings (SSSR count). The molecule has 0 atom stereocenters. The first-order valence-corrected chi connectivity index (χ1v) is 11.5. The SMILES string of the molecule is CC(C)CCn1c(COc2ccccc2)nnc1SCC(=O)N(CC#N)c1ccccc1. The van der Waals surface area contributed by atoms with E-state index in [1.165, 1.54) is 16.7 Å². The van der Waals surface area contributed by atoms with E-state index < -0.39 is 0 Å². The molecular weight excluding hydrogens is 422 g/mol. The van der Waals surface area contributed by atoms with Crippen LogP contribution in [-0.2, 0) is 17.9 Å². The molecule has 0 unspecified atom stereocenters. The second-order valence-electron chi connectivity index (χ2n) is 7.60. The van der Waals surface area contributed by atoms with E-state index in [2.05, 4.69) is 30.1 Å². The molecule has 32 heavy (non-hydrogen) atoms. The number of carbonyl (C=O) groups excluding carboxylic acids is 1. The lowest BCUT2D eigenvalue weighted by atomic mass is 10.1. The Morgan fingerprint density at radius 2 is 1.81 bits per heavy atom. The summed E-state index contributed by atoms with van der Waals surface area (Å²) in [6.07, 6.45) is 0.961. The van der Waals surface area contributed by atoms with E-state index in [1.54, 1.807) is 0 Å². The molecule has 0 radical (unpaired) electrons. The number of para-hydroxylation sites is 2. The lowest BCUT2D eigenvalue weighted by molar-refractivity contribution is -0.116. The fourth-order valence-electron chi connectivity index (χ4n) is 3.02. The Kier molecular flexibility index (Phi) is 8.70. The van der Waals surface area contributed by atoms with E-state index in [0.717, 1.165) is 24.5 Å². The van der Waals surface area contributed by atoms with Gasteiger partial charge in [-0.05, 0) is 36.6 Å². The minimum atomic E-state index is -0.150. The molecule has 0 aliphatic carbocycles. The molecule has 0 fully saturated rings. The van der Waals surface area contributed by atoms with Crippen molar-refractivity contribution in [2.75, 3.05) is 17.2 Å². The lowest BCUT2D eigenvalue weighted by Gasteiger charge is -2.19. The topological polar surface area (TPSA) is 84.0 Å². The third kappa shape index (κ3) is 6.59. The van der Waals surface area contributed by atoms with Crippen LogP contribution in [0.1, 0.15) is 26.1 Å². The summed E-state index contributed by atoms with van der Waals surface area (Å²) in [7, 11) is 0. The molecule has 166 valence electrons. The van der Waals surface area contributed by atoms with E-state index in [9.17, 15) is 4.79 Å². The van der Waals surface area contributed by atoms with Crippen molar-refractivity contribution in [3.63, 3.8) is 0 Å². The van der Waals surface area contributed by atoms with E-state index >= 15 is 0 Å². The number of ether oxygens (including phenoxy) is 1. The number of amides is 1. The minimum absolute atomic E-state index is 0.000385. The quantitative estimate of drug-likeness (QED) is 0.315. The maximum atomic E-state index is 12.9. The summed E-state index contributed by atoms with van der Waals surface area (Å²) in [6, 6.07) is 20.9. The van der Waals surface area contributed by atoms with E-state index in [0.29, 0.717) is 23.4 Å². The molecule has 7 nitrogen and oxygen atoms in total. The van der Waals surface area contributed by atoms with E-state index in [-0.39, 0.29) is 18.2 Å². The highest BCUT2D eigenvalue weighted by molar-refractivity contribution is 7.99. The number of hydrogen-bond acceptors (Lipinski definition) is 6. The van der Waals surface area contributed by atoms with E-state index in [1.807, 2.05) is 65.2 Å². The van der Waals surface area contributed by atoms with Crippen LogP contribution >= 0.6 is 11.8 Å². The standard InChI is InChI=1S/C24H27N5O2S/c1-19(2)13-15-29-22(17-31-21-11-7-4-8-12-21)26-27-24(29)32-18-23(30)28(16-14-25)20-9-5-3-6-10-20/h3-12,19H,13,15-18H2,1-2H3. The molecule has 0 spiro atoms. The summed E-state index contributed by atoms with van der Waals surface area (Å²) in [5, 5.41) is 18.5. The van der Waals surface area contributed by atoms with Crippen LogP contribution in [0.3, 0.4) is 0 Å². The van der Waals surface area contributed by atoms with Gasteiger partial charge in [-0.3, -0.25) is 9.69 Å². The summed E-state index contributed by atoms with van der Waals surface area (Å²) >= 11 is 1.33. The maximum Gasteiger partial charge on any atom is 0.238 e. The average molecular weight is 450 g/mol. The number of anilines is 1. The van der Waals surface area contributed by atoms with Crippen molar-refractivity contribution in [2.24, 2.45) is 5.92 Å². The number of benzene rings is 2. The third-order valence-corrected chi connectivity index (χ3v) is 5.71. The van der Waals surface area contributed by atoms with Gasteiger partial charge in [0.15, 0.2) is 11.0 Å². The zero-order valence-corrected chi connectivity index (χ0v) is 19.2. The summed E-state index contributed by atoms with van der Waals surface area (Å²) in [4.78, 5) is 14.4. The van der Waals surface area contributed by atoms with Gasteiger partial charge in [0.2, 0.25) is 5.91 Å². The molecule has 3 aromatic rings. The second kappa shape index (κ2) is 11.9. The highest BCUT2D eigenvalue weighted by Crippen LogP contribution is 2.22. The lowest BCUT2D eigenvalue weighted by Crippen LogP contribution is -2.32. The molecule has 0 aliphatic heterocycles. The summed E-state index contributed by atoms with van der Waals surface area (Å²) in [6.45, 7) is 5.38. The fourth-order valence-corrected chi connectivity index (χ4v) is 3.87. The Morgan fingerprint density at radius 1 is 1.12 bits per heavy atom. The number of aromatic nitrogens is 3. The number of nitriles is 1. The van der Waals surface area contributed by atoms with Gasteiger partial charge in [0.1, 0.15) is 18.9 Å². The number of carbonyl (C=O) groups is 1. The van der Waals surface area contributed by atoms with Gasteiger partial charge in [0.05, 0.1) is 11.8 Å². The van der Waals surface area contributed by atoms with Crippen molar-refractivity contribution in [3.8, 4) is 11.8 Å². The number of hydrogen-bond donors (Lipinski definition) is 0. The van der Waals surface area contributed by atoms with Crippen LogP contribution in [0.25, 0.3) is 0 Å². The fraction of sp³-hybridized carbons (Fsp3) is 0.333. The molecule has 0 aliphatic rings. The van der Waals surface area contributed by atoms with Gasteiger partial charge in [-0.1, -0.05) is 62.0 Å². The van der Waals surface area contributed by atoms with Crippen LogP contribution < -0.4 is 9.64 Å². The molecule has 0 saturated carbocycles. The highest BCUT2D eigenvalue weighted by atomic mass is 32.2. The van der Waals surface area contributed by atoms with Crippen LogP contribution in [0.2, 0.25) is 0 Å². The molecule has 0 saturated heterocycles. The van der Waals surface area contributed by atoms with Crippen LogP contribution in [0.15, 0.2) is 65.8 Å². The minimum Gasteiger partial charge on any atom is -0.486 e. The number of rotatable bonds is 11. The smallest absolute Gasteiger partial charge is 0.238 e. The monoisotopic (exact) mass is 449 g/mol. The predicted molar refractivity (Wildman–Crippen MR) is 125 cm³/mol. The van der Waals surface area contributed by atoms with Crippen molar-refractivity contribution in [1.29, 1.82) is 5.26 Å². The maximum absolute atomic E-state index is 12.9. The molecule has 1 heterocycles. The number of thioether (sulfide) groups is 1. The van der Waals surface area contributed by atoms with Gasteiger partial charge in [0, 0.05) is 12.2 Å². The van der Waals surface area contributed by atoms with Gasteiger partial charge >= 0.3 is 0 Å². The average Bonchev–Trinajstić information content (AvgIpc) is 3.21. The molecule has 0 N–H and O–H groups in total. The summed E-state index contributed by atoms with van der Waals surface area (Å²) in [5.41, 5.74) is 0.706. The Hall–Kier alpha value is -3.31. The molecule has 1 amide bonds. The van der Waals surface area contributed by atoms with Crippen molar-refractivity contribution in [1.82, 2.24) is 14.8 Å². The Morgan fingerprint density at radius 3 is 2.47 bits per heavy atom. The van der Waals surface area contributed by atoms with Crippen molar-refractivity contribution in [2.45, 2.75) is 38.6 Å². The Bertz CT molecular complexity index is 1030. The first-order valence-electron chi connectivity index (χ1n) is 10.5. The van der Waals surface area contributed by atoms with Gasteiger partial charge in [-0.15, -0.1) is 10.2 Å². The molecule has 1 aromatic heterocycles. The normalized spacial score (nSPS) is 10.7. The first-order chi connectivity index (χ1) is 15.6. The first kappa shape index (κ1) is 23.4. The third-order valence-electron chi connectivity index (χ3n) is 4.76. The zero-order valence-electron chi connectivity index (χ0n) is 18.3. The predicted octanol–water partition coefficient (Wildman–Crippen LogP) is 4.55. The largest absolute Gasteiger partial charge is 0.486 e. The molecule has 8 heteroatoms.